The zero-order valence-electron chi connectivity index (χ0n) is 10.4. The van der Waals surface area contributed by atoms with E-state index in [1.165, 1.54) is 6.08 Å². The second kappa shape index (κ2) is 5.56. The van der Waals surface area contributed by atoms with E-state index in [0.717, 1.165) is 11.1 Å². The van der Waals surface area contributed by atoms with Crippen LogP contribution in [0.25, 0.3) is 0 Å². The largest absolute Gasteiger partial charge is 0.481 e. The van der Waals surface area contributed by atoms with Crippen LogP contribution in [0.15, 0.2) is 30.9 Å². The lowest BCUT2D eigenvalue weighted by Gasteiger charge is -2.09. The number of carbonyl (C=O) groups excluding carboxylic acids is 1. The van der Waals surface area contributed by atoms with Gasteiger partial charge in [-0.05, 0) is 30.0 Å². The minimum atomic E-state index is -0.809. The molecule has 1 aromatic carbocycles. The van der Waals surface area contributed by atoms with Crippen molar-refractivity contribution in [1.29, 1.82) is 0 Å². The number of amides is 1. The molecule has 5 nitrogen and oxygen atoms in total. The fraction of sp³-hybridized carbons (Fsp3) is 0.286. The zero-order valence-corrected chi connectivity index (χ0v) is 10.4. The fourth-order valence-electron chi connectivity index (χ4n) is 2.22. The van der Waals surface area contributed by atoms with E-state index in [-0.39, 0.29) is 6.61 Å². The number of fused-ring (bicyclic) bond motifs is 1. The van der Waals surface area contributed by atoms with Crippen molar-refractivity contribution in [1.82, 2.24) is 0 Å². The average Bonchev–Trinajstić information content (AvgIpc) is 2.81. The standard InChI is InChI=1S/C14H15NO4/c1-2-6-19-14(18)15-12-5-3-4-9-7-10(13(16)17)8-11(9)12/h2-5,10H,1,6-8H2,(H,15,18)(H,16,17). The van der Waals surface area contributed by atoms with Gasteiger partial charge in [0.05, 0.1) is 5.92 Å². The molecular formula is C14H15NO4. The molecule has 19 heavy (non-hydrogen) atoms. The van der Waals surface area contributed by atoms with Crippen LogP contribution in [0.3, 0.4) is 0 Å². The molecule has 0 fully saturated rings. The summed E-state index contributed by atoms with van der Waals surface area (Å²) in [5.74, 6) is -1.22. The highest BCUT2D eigenvalue weighted by molar-refractivity contribution is 5.86. The molecule has 0 aromatic heterocycles. The lowest BCUT2D eigenvalue weighted by Crippen LogP contribution is -2.15. The number of carboxylic acid groups (broad SMARTS) is 1. The van der Waals surface area contributed by atoms with Crippen molar-refractivity contribution in [2.24, 2.45) is 5.92 Å². The summed E-state index contributed by atoms with van der Waals surface area (Å²) in [6, 6.07) is 5.43. The molecule has 100 valence electrons. The molecule has 1 amide bonds. The number of aliphatic carboxylic acids is 1. The number of hydrogen-bond acceptors (Lipinski definition) is 3. The van der Waals surface area contributed by atoms with Gasteiger partial charge in [-0.3, -0.25) is 10.1 Å². The maximum absolute atomic E-state index is 11.5. The quantitative estimate of drug-likeness (QED) is 0.815. The first-order valence-electron chi connectivity index (χ1n) is 6.00. The molecule has 2 rings (SSSR count). The molecular weight excluding hydrogens is 246 g/mol. The van der Waals surface area contributed by atoms with Gasteiger partial charge in [0.1, 0.15) is 6.61 Å². The third kappa shape index (κ3) is 2.93. The lowest BCUT2D eigenvalue weighted by atomic mass is 10.1. The summed E-state index contributed by atoms with van der Waals surface area (Å²) in [6.07, 6.45) is 1.85. The van der Waals surface area contributed by atoms with E-state index in [0.29, 0.717) is 18.5 Å². The van der Waals surface area contributed by atoms with E-state index in [9.17, 15) is 9.59 Å². The molecule has 0 heterocycles. The van der Waals surface area contributed by atoms with Crippen LogP contribution in [0, 0.1) is 5.92 Å². The summed E-state index contributed by atoms with van der Waals surface area (Å²) in [5.41, 5.74) is 2.47. The van der Waals surface area contributed by atoms with Crippen LogP contribution in [0.2, 0.25) is 0 Å². The van der Waals surface area contributed by atoms with Crippen LogP contribution in [-0.2, 0) is 22.4 Å². The predicted octanol–water partition coefficient (Wildman–Crippen LogP) is 2.22. The number of rotatable bonds is 4. The van der Waals surface area contributed by atoms with Gasteiger partial charge in [0.2, 0.25) is 0 Å². The highest BCUT2D eigenvalue weighted by atomic mass is 16.5. The first-order chi connectivity index (χ1) is 9.11. The van der Waals surface area contributed by atoms with Crippen LogP contribution in [-0.4, -0.2) is 23.8 Å². The Hall–Kier alpha value is -2.30. The number of benzene rings is 1. The molecule has 1 aromatic rings. The summed E-state index contributed by atoms with van der Waals surface area (Å²) < 4.78 is 4.84. The molecule has 0 saturated heterocycles. The first-order valence-corrected chi connectivity index (χ1v) is 6.00. The van der Waals surface area contributed by atoms with E-state index < -0.39 is 18.0 Å². The summed E-state index contributed by atoms with van der Waals surface area (Å²) in [7, 11) is 0. The van der Waals surface area contributed by atoms with Gasteiger partial charge < -0.3 is 9.84 Å². The minimum absolute atomic E-state index is 0.138. The average molecular weight is 261 g/mol. The van der Waals surface area contributed by atoms with Gasteiger partial charge in [-0.25, -0.2) is 4.79 Å². The summed E-state index contributed by atoms with van der Waals surface area (Å²) in [5, 5.41) is 11.7. The maximum atomic E-state index is 11.5. The van der Waals surface area contributed by atoms with Crippen molar-refractivity contribution in [3.63, 3.8) is 0 Å². The monoisotopic (exact) mass is 261 g/mol. The van der Waals surface area contributed by atoms with Gasteiger partial charge in [-0.15, -0.1) is 0 Å². The molecule has 5 heteroatoms. The van der Waals surface area contributed by atoms with Gasteiger partial charge in [-0.2, -0.15) is 0 Å². The molecule has 1 unspecified atom stereocenters. The number of nitrogens with one attached hydrogen (secondary N) is 1. The number of anilines is 1. The molecule has 0 aliphatic heterocycles. The topological polar surface area (TPSA) is 75.6 Å². The predicted molar refractivity (Wildman–Crippen MR) is 70.1 cm³/mol. The Morgan fingerprint density at radius 2 is 2.26 bits per heavy atom. The molecule has 0 radical (unpaired) electrons. The van der Waals surface area contributed by atoms with Crippen LogP contribution < -0.4 is 5.32 Å². The minimum Gasteiger partial charge on any atom is -0.481 e. The molecule has 0 bridgehead atoms. The van der Waals surface area contributed by atoms with E-state index in [1.54, 1.807) is 12.1 Å². The van der Waals surface area contributed by atoms with Gasteiger partial charge in [-0.1, -0.05) is 24.8 Å². The second-order valence-electron chi connectivity index (χ2n) is 4.40. The van der Waals surface area contributed by atoms with E-state index in [2.05, 4.69) is 11.9 Å². The molecule has 0 spiro atoms. The van der Waals surface area contributed by atoms with Gasteiger partial charge in [0.25, 0.3) is 0 Å². The molecule has 0 saturated carbocycles. The van der Waals surface area contributed by atoms with Gasteiger partial charge in [0.15, 0.2) is 0 Å². The number of ether oxygens (including phenoxy) is 1. The third-order valence-corrected chi connectivity index (χ3v) is 3.11. The Morgan fingerprint density at radius 3 is 2.95 bits per heavy atom. The Labute approximate surface area is 110 Å². The van der Waals surface area contributed by atoms with Crippen molar-refractivity contribution in [3.05, 3.63) is 42.0 Å². The highest BCUT2D eigenvalue weighted by Crippen LogP contribution is 2.32. The zero-order chi connectivity index (χ0) is 13.8. The van der Waals surface area contributed by atoms with Crippen LogP contribution in [0.1, 0.15) is 11.1 Å². The van der Waals surface area contributed by atoms with E-state index in [1.807, 2.05) is 6.07 Å². The van der Waals surface area contributed by atoms with Crippen molar-refractivity contribution >= 4 is 17.7 Å². The first kappa shape index (κ1) is 13.1. The molecule has 1 aliphatic rings. The molecule has 1 aliphatic carbocycles. The maximum Gasteiger partial charge on any atom is 0.411 e. The summed E-state index contributed by atoms with van der Waals surface area (Å²) in [4.78, 5) is 22.5. The molecule has 1 atom stereocenters. The normalized spacial score (nSPS) is 16.5. The number of carboxylic acids is 1. The smallest absolute Gasteiger partial charge is 0.411 e. The van der Waals surface area contributed by atoms with Crippen molar-refractivity contribution in [2.45, 2.75) is 12.8 Å². The lowest BCUT2D eigenvalue weighted by molar-refractivity contribution is -0.141. The Morgan fingerprint density at radius 1 is 1.47 bits per heavy atom. The number of hydrogen-bond donors (Lipinski definition) is 2. The van der Waals surface area contributed by atoms with Gasteiger partial charge >= 0.3 is 12.1 Å². The van der Waals surface area contributed by atoms with Crippen LogP contribution in [0.4, 0.5) is 10.5 Å². The van der Waals surface area contributed by atoms with Crippen LogP contribution in [0.5, 0.6) is 0 Å². The third-order valence-electron chi connectivity index (χ3n) is 3.11. The Bertz CT molecular complexity index is 524. The van der Waals surface area contributed by atoms with E-state index in [4.69, 9.17) is 9.84 Å². The highest BCUT2D eigenvalue weighted by Gasteiger charge is 2.29. The number of carbonyl (C=O) groups is 2. The second-order valence-corrected chi connectivity index (χ2v) is 4.40. The van der Waals surface area contributed by atoms with Crippen LogP contribution >= 0.6 is 0 Å². The van der Waals surface area contributed by atoms with E-state index >= 15 is 0 Å². The molecule has 2 N–H and O–H groups in total. The summed E-state index contributed by atoms with van der Waals surface area (Å²) >= 11 is 0. The van der Waals surface area contributed by atoms with Crippen molar-refractivity contribution in [2.75, 3.05) is 11.9 Å². The van der Waals surface area contributed by atoms with Gasteiger partial charge in [0, 0.05) is 5.69 Å². The van der Waals surface area contributed by atoms with Crippen molar-refractivity contribution in [3.8, 4) is 0 Å². The Balaban J connectivity index is 2.12. The van der Waals surface area contributed by atoms with Crippen molar-refractivity contribution < 1.29 is 19.4 Å². The summed E-state index contributed by atoms with van der Waals surface area (Å²) in [6.45, 7) is 3.59. The Kier molecular flexibility index (Phi) is 3.85. The fourth-order valence-corrected chi connectivity index (χ4v) is 2.22. The SMILES string of the molecule is C=CCOC(=O)Nc1cccc2c1CC(C(=O)O)C2.